The first kappa shape index (κ1) is 13.5. The summed E-state index contributed by atoms with van der Waals surface area (Å²) in [6.45, 7) is 5.58. The molecule has 16 heavy (non-hydrogen) atoms. The lowest BCUT2D eigenvalue weighted by Gasteiger charge is -2.37. The van der Waals surface area contributed by atoms with Crippen molar-refractivity contribution in [2.45, 2.75) is 51.6 Å². The molecule has 1 fully saturated rings. The second kappa shape index (κ2) is 6.86. The van der Waals surface area contributed by atoms with Crippen molar-refractivity contribution >= 4 is 5.91 Å². The lowest BCUT2D eigenvalue weighted by Crippen LogP contribution is -2.44. The lowest BCUT2D eigenvalue weighted by molar-refractivity contribution is -0.122. The van der Waals surface area contributed by atoms with E-state index in [0.29, 0.717) is 19.0 Å². The van der Waals surface area contributed by atoms with Gasteiger partial charge in [0.2, 0.25) is 5.91 Å². The highest BCUT2D eigenvalue weighted by atomic mass is 16.3. The molecule has 1 saturated carbocycles. The van der Waals surface area contributed by atoms with Crippen LogP contribution in [0.15, 0.2) is 0 Å². The number of aliphatic hydroxyl groups excluding tert-OH is 1. The van der Waals surface area contributed by atoms with Crippen LogP contribution in [0.2, 0.25) is 0 Å². The third kappa shape index (κ3) is 4.49. The van der Waals surface area contributed by atoms with Gasteiger partial charge in [-0.05, 0) is 26.7 Å². The van der Waals surface area contributed by atoms with Crippen molar-refractivity contribution in [1.82, 2.24) is 10.2 Å². The van der Waals surface area contributed by atoms with Gasteiger partial charge < -0.3 is 10.4 Å². The molecule has 1 aliphatic rings. The van der Waals surface area contributed by atoms with Crippen LogP contribution in [0.4, 0.5) is 0 Å². The zero-order chi connectivity index (χ0) is 12.0. The highest BCUT2D eigenvalue weighted by Gasteiger charge is 2.24. The molecule has 0 radical (unpaired) electrons. The monoisotopic (exact) mass is 228 g/mol. The summed E-state index contributed by atoms with van der Waals surface area (Å²) in [5, 5.41) is 11.9. The van der Waals surface area contributed by atoms with Crippen LogP contribution < -0.4 is 5.32 Å². The molecule has 0 heterocycles. The minimum Gasteiger partial charge on any atom is -0.395 e. The molecule has 2 N–H and O–H groups in total. The Hall–Kier alpha value is -0.610. The summed E-state index contributed by atoms with van der Waals surface area (Å²) in [5.41, 5.74) is 0. The van der Waals surface area contributed by atoms with E-state index in [4.69, 9.17) is 5.11 Å². The molecule has 94 valence electrons. The number of nitrogens with one attached hydrogen (secondary N) is 1. The van der Waals surface area contributed by atoms with Gasteiger partial charge in [0.25, 0.3) is 0 Å². The van der Waals surface area contributed by atoms with Crippen molar-refractivity contribution in [3.8, 4) is 0 Å². The largest absolute Gasteiger partial charge is 0.395 e. The summed E-state index contributed by atoms with van der Waals surface area (Å²) in [6.07, 6.45) is 4.25. The molecule has 0 bridgehead atoms. The fourth-order valence-electron chi connectivity index (χ4n) is 2.00. The summed E-state index contributed by atoms with van der Waals surface area (Å²) in [7, 11) is 0. The van der Waals surface area contributed by atoms with E-state index in [1.807, 2.05) is 13.8 Å². The number of hydrogen-bond acceptors (Lipinski definition) is 3. The van der Waals surface area contributed by atoms with E-state index < -0.39 is 0 Å². The summed E-state index contributed by atoms with van der Waals surface area (Å²) in [6, 6.07) is 0.807. The number of aliphatic hydroxyl groups is 1. The number of amides is 1. The van der Waals surface area contributed by atoms with Gasteiger partial charge in [-0.25, -0.2) is 0 Å². The number of rotatable bonds is 7. The third-order valence-electron chi connectivity index (χ3n) is 3.05. The molecule has 1 amide bonds. The van der Waals surface area contributed by atoms with E-state index in [1.165, 1.54) is 19.3 Å². The van der Waals surface area contributed by atoms with Crippen LogP contribution in [0.5, 0.6) is 0 Å². The SMILES string of the molecule is CC(C)NC(=O)CCN(CCO)C1CCC1. The van der Waals surface area contributed by atoms with E-state index in [2.05, 4.69) is 10.2 Å². The molecule has 0 aliphatic heterocycles. The van der Waals surface area contributed by atoms with Gasteiger partial charge in [-0.1, -0.05) is 6.42 Å². The fourth-order valence-corrected chi connectivity index (χ4v) is 2.00. The van der Waals surface area contributed by atoms with Crippen molar-refractivity contribution < 1.29 is 9.90 Å². The Balaban J connectivity index is 2.23. The Morgan fingerprint density at radius 3 is 2.56 bits per heavy atom. The van der Waals surface area contributed by atoms with E-state index in [-0.39, 0.29) is 18.6 Å². The van der Waals surface area contributed by atoms with E-state index in [0.717, 1.165) is 6.54 Å². The first-order valence-electron chi connectivity index (χ1n) is 6.27. The lowest BCUT2D eigenvalue weighted by atomic mass is 9.91. The molecule has 4 heteroatoms. The van der Waals surface area contributed by atoms with Gasteiger partial charge in [0.05, 0.1) is 6.61 Å². The molecule has 0 atom stereocenters. The van der Waals surface area contributed by atoms with Gasteiger partial charge >= 0.3 is 0 Å². The summed E-state index contributed by atoms with van der Waals surface area (Å²) >= 11 is 0. The number of nitrogens with zero attached hydrogens (tertiary/aromatic N) is 1. The Labute approximate surface area is 98.0 Å². The van der Waals surface area contributed by atoms with E-state index in [9.17, 15) is 4.79 Å². The van der Waals surface area contributed by atoms with E-state index in [1.54, 1.807) is 0 Å². The second-order valence-corrected chi connectivity index (χ2v) is 4.82. The van der Waals surface area contributed by atoms with Gasteiger partial charge in [-0.15, -0.1) is 0 Å². The van der Waals surface area contributed by atoms with Crippen LogP contribution in [0.25, 0.3) is 0 Å². The van der Waals surface area contributed by atoms with Crippen molar-refractivity contribution in [1.29, 1.82) is 0 Å². The summed E-state index contributed by atoms with van der Waals surface area (Å²) < 4.78 is 0. The molecule has 0 unspecified atom stereocenters. The Morgan fingerprint density at radius 2 is 2.12 bits per heavy atom. The highest BCUT2D eigenvalue weighted by Crippen LogP contribution is 2.24. The molecule has 0 spiro atoms. The van der Waals surface area contributed by atoms with Gasteiger partial charge in [0.1, 0.15) is 0 Å². The molecule has 1 aliphatic carbocycles. The predicted octanol–water partition coefficient (Wildman–Crippen LogP) is 0.748. The van der Waals surface area contributed by atoms with Crippen molar-refractivity contribution in [2.75, 3.05) is 19.7 Å². The number of carbonyl (C=O) groups excluding carboxylic acids is 1. The molecule has 1 rings (SSSR count). The molecule has 0 aromatic heterocycles. The van der Waals surface area contributed by atoms with Crippen LogP contribution in [-0.4, -0.2) is 47.7 Å². The van der Waals surface area contributed by atoms with Crippen LogP contribution in [0.1, 0.15) is 39.5 Å². The standard InChI is InChI=1S/C12H24N2O2/c1-10(2)13-12(16)6-7-14(8-9-15)11-4-3-5-11/h10-11,15H,3-9H2,1-2H3,(H,13,16). The van der Waals surface area contributed by atoms with Crippen LogP contribution in [-0.2, 0) is 4.79 Å². The average molecular weight is 228 g/mol. The summed E-state index contributed by atoms with van der Waals surface area (Å²) in [4.78, 5) is 13.7. The van der Waals surface area contributed by atoms with Gasteiger partial charge in [0.15, 0.2) is 0 Å². The molecule has 0 aromatic carbocycles. The van der Waals surface area contributed by atoms with Crippen molar-refractivity contribution in [2.24, 2.45) is 0 Å². The molecule has 0 aromatic rings. The quantitative estimate of drug-likeness (QED) is 0.676. The van der Waals surface area contributed by atoms with Gasteiger partial charge in [-0.2, -0.15) is 0 Å². The highest BCUT2D eigenvalue weighted by molar-refractivity contribution is 5.76. The van der Waals surface area contributed by atoms with Crippen LogP contribution >= 0.6 is 0 Å². The first-order valence-corrected chi connectivity index (χ1v) is 6.27. The second-order valence-electron chi connectivity index (χ2n) is 4.82. The molecule has 4 nitrogen and oxygen atoms in total. The Kier molecular flexibility index (Phi) is 5.77. The fraction of sp³-hybridized carbons (Fsp3) is 0.917. The van der Waals surface area contributed by atoms with Gasteiger partial charge in [-0.3, -0.25) is 9.69 Å². The molecule has 0 saturated heterocycles. The number of hydrogen-bond donors (Lipinski definition) is 2. The third-order valence-corrected chi connectivity index (χ3v) is 3.05. The van der Waals surface area contributed by atoms with Crippen LogP contribution in [0, 0.1) is 0 Å². The smallest absolute Gasteiger partial charge is 0.221 e. The van der Waals surface area contributed by atoms with Crippen molar-refractivity contribution in [3.63, 3.8) is 0 Å². The maximum atomic E-state index is 11.5. The van der Waals surface area contributed by atoms with Crippen molar-refractivity contribution in [3.05, 3.63) is 0 Å². The average Bonchev–Trinajstić information content (AvgIpc) is 2.10. The van der Waals surface area contributed by atoms with E-state index >= 15 is 0 Å². The zero-order valence-electron chi connectivity index (χ0n) is 10.4. The minimum atomic E-state index is 0.109. The normalized spacial score (nSPS) is 16.6. The number of carbonyl (C=O) groups is 1. The maximum absolute atomic E-state index is 11.5. The maximum Gasteiger partial charge on any atom is 0.221 e. The zero-order valence-corrected chi connectivity index (χ0v) is 10.4. The summed E-state index contributed by atoms with van der Waals surface area (Å²) in [5.74, 6) is 0.109. The Morgan fingerprint density at radius 1 is 1.44 bits per heavy atom. The predicted molar refractivity (Wildman–Crippen MR) is 64.2 cm³/mol. The first-order chi connectivity index (χ1) is 7.63. The topological polar surface area (TPSA) is 52.6 Å². The van der Waals surface area contributed by atoms with Crippen LogP contribution in [0.3, 0.4) is 0 Å². The molecular weight excluding hydrogens is 204 g/mol. The molecular formula is C12H24N2O2. The Bertz CT molecular complexity index is 215. The van der Waals surface area contributed by atoms with Gasteiger partial charge in [0, 0.05) is 31.6 Å². The minimum absolute atomic E-state index is 0.109.